The van der Waals surface area contributed by atoms with Gasteiger partial charge in [0.2, 0.25) is 17.7 Å². The summed E-state index contributed by atoms with van der Waals surface area (Å²) in [6.07, 6.45) is 13.7. The third-order valence-electron chi connectivity index (χ3n) is 8.06. The van der Waals surface area contributed by atoms with E-state index in [1.807, 2.05) is 19.1 Å². The molecule has 5 rings (SSSR count). The van der Waals surface area contributed by atoms with E-state index >= 15 is 0 Å². The lowest BCUT2D eigenvalue weighted by Crippen LogP contribution is -2.56. The van der Waals surface area contributed by atoms with E-state index in [0.717, 1.165) is 51.4 Å². The van der Waals surface area contributed by atoms with Crippen molar-refractivity contribution in [3.05, 3.63) is 24.8 Å². The molecule has 2 saturated carbocycles. The second-order valence-corrected chi connectivity index (χ2v) is 10.1. The maximum absolute atomic E-state index is 13.6. The van der Waals surface area contributed by atoms with Gasteiger partial charge in [-0.3, -0.25) is 14.4 Å². The summed E-state index contributed by atoms with van der Waals surface area (Å²) in [6, 6.07) is -0.480. The van der Waals surface area contributed by atoms with E-state index in [0.29, 0.717) is 0 Å². The number of ether oxygens (including phenoxy) is 1. The van der Waals surface area contributed by atoms with Crippen molar-refractivity contribution in [3.8, 4) is 0 Å². The van der Waals surface area contributed by atoms with Crippen molar-refractivity contribution in [1.82, 2.24) is 15.5 Å². The minimum atomic E-state index is -1.10. The molecular formula is C24H33N3O4. The summed E-state index contributed by atoms with van der Waals surface area (Å²) in [5.41, 5.74) is -1.98. The van der Waals surface area contributed by atoms with Crippen LogP contribution in [0.2, 0.25) is 0 Å². The first-order valence-corrected chi connectivity index (χ1v) is 11.8. The van der Waals surface area contributed by atoms with Crippen molar-refractivity contribution in [3.63, 3.8) is 0 Å². The number of hydrogen-bond acceptors (Lipinski definition) is 4. The fourth-order valence-electron chi connectivity index (χ4n) is 6.68. The number of amides is 3. The molecule has 168 valence electrons. The van der Waals surface area contributed by atoms with Crippen LogP contribution in [0.4, 0.5) is 0 Å². The smallest absolute Gasteiger partial charge is 0.246 e. The number of fused-ring (bicyclic) bond motifs is 1. The fourth-order valence-corrected chi connectivity index (χ4v) is 6.68. The monoisotopic (exact) mass is 427 g/mol. The molecule has 31 heavy (non-hydrogen) atoms. The number of rotatable bonds is 6. The van der Waals surface area contributed by atoms with Gasteiger partial charge in [-0.2, -0.15) is 0 Å². The fraction of sp³-hybridized carbons (Fsp3) is 0.708. The zero-order valence-corrected chi connectivity index (χ0v) is 18.3. The Balaban J connectivity index is 1.46. The van der Waals surface area contributed by atoms with Gasteiger partial charge in [0.05, 0.1) is 17.4 Å². The van der Waals surface area contributed by atoms with Crippen LogP contribution in [0.15, 0.2) is 24.8 Å². The molecule has 7 heteroatoms. The predicted molar refractivity (Wildman–Crippen MR) is 115 cm³/mol. The summed E-state index contributed by atoms with van der Waals surface area (Å²) in [5.74, 6) is -1.83. The second-order valence-electron chi connectivity index (χ2n) is 10.1. The van der Waals surface area contributed by atoms with Crippen LogP contribution in [-0.2, 0) is 19.1 Å². The van der Waals surface area contributed by atoms with Crippen molar-refractivity contribution in [2.75, 3.05) is 6.54 Å². The minimum Gasteiger partial charge on any atom is -0.356 e. The van der Waals surface area contributed by atoms with Gasteiger partial charge in [-0.1, -0.05) is 43.9 Å². The molecule has 5 aliphatic rings. The summed E-state index contributed by atoms with van der Waals surface area (Å²) in [5, 5.41) is 6.32. The molecule has 2 aliphatic carbocycles. The zero-order chi connectivity index (χ0) is 21.8. The third kappa shape index (κ3) is 3.07. The van der Waals surface area contributed by atoms with Gasteiger partial charge in [0.25, 0.3) is 0 Å². The molecule has 7 nitrogen and oxygen atoms in total. The Kier molecular flexibility index (Phi) is 5.00. The van der Waals surface area contributed by atoms with Crippen molar-refractivity contribution >= 4 is 17.7 Å². The van der Waals surface area contributed by atoms with E-state index < -0.39 is 29.1 Å². The van der Waals surface area contributed by atoms with Gasteiger partial charge >= 0.3 is 0 Å². The molecule has 1 spiro atoms. The lowest BCUT2D eigenvalue weighted by molar-refractivity contribution is -0.144. The van der Waals surface area contributed by atoms with Crippen molar-refractivity contribution in [2.24, 2.45) is 11.8 Å². The van der Waals surface area contributed by atoms with Crippen molar-refractivity contribution < 1.29 is 19.1 Å². The van der Waals surface area contributed by atoms with Crippen LogP contribution in [0.3, 0.4) is 0 Å². The number of carbonyl (C=O) groups is 3. The molecule has 2 saturated heterocycles. The molecule has 2 N–H and O–H groups in total. The van der Waals surface area contributed by atoms with E-state index in [4.69, 9.17) is 4.74 Å². The molecule has 3 aliphatic heterocycles. The standard InChI is InChI=1S/C24H33N3O4/c1-3-14-27-19(21(29)26-16-10-6-7-11-16)24-13-12-23(2,31-24)17(18(24)22(27)30)20(28)25-15-8-4-5-9-15/h3,12-13,15-19H,1,4-11,14H2,2H3,(H,25,28)(H,26,29)/t17-,18+,19-,23-,24-/m1/s1. The summed E-state index contributed by atoms with van der Waals surface area (Å²) < 4.78 is 6.49. The summed E-state index contributed by atoms with van der Waals surface area (Å²) >= 11 is 0. The van der Waals surface area contributed by atoms with Gasteiger partial charge in [0, 0.05) is 18.6 Å². The number of nitrogens with zero attached hydrogens (tertiary/aromatic N) is 1. The largest absolute Gasteiger partial charge is 0.356 e. The highest BCUT2D eigenvalue weighted by atomic mass is 16.5. The Morgan fingerprint density at radius 2 is 1.68 bits per heavy atom. The lowest BCUT2D eigenvalue weighted by atomic mass is 9.70. The molecule has 0 aromatic carbocycles. The first-order chi connectivity index (χ1) is 14.9. The zero-order valence-electron chi connectivity index (χ0n) is 18.3. The molecule has 0 aromatic rings. The molecule has 0 unspecified atom stereocenters. The van der Waals surface area contributed by atoms with Crippen LogP contribution in [0.5, 0.6) is 0 Å². The number of carbonyl (C=O) groups excluding carboxylic acids is 3. The van der Waals surface area contributed by atoms with Crippen LogP contribution in [0.25, 0.3) is 0 Å². The van der Waals surface area contributed by atoms with E-state index in [9.17, 15) is 14.4 Å². The van der Waals surface area contributed by atoms with Crippen molar-refractivity contribution in [2.45, 2.75) is 87.6 Å². The molecular weight excluding hydrogens is 394 g/mol. The summed E-state index contributed by atoms with van der Waals surface area (Å²) in [7, 11) is 0. The van der Waals surface area contributed by atoms with Crippen LogP contribution < -0.4 is 10.6 Å². The Labute approximate surface area is 183 Å². The summed E-state index contributed by atoms with van der Waals surface area (Å²) in [4.78, 5) is 42.0. The summed E-state index contributed by atoms with van der Waals surface area (Å²) in [6.45, 7) is 5.90. The molecule has 4 fully saturated rings. The highest BCUT2D eigenvalue weighted by Crippen LogP contribution is 2.59. The van der Waals surface area contributed by atoms with Crippen LogP contribution >= 0.6 is 0 Å². The maximum Gasteiger partial charge on any atom is 0.246 e. The average Bonchev–Trinajstić information content (AvgIpc) is 3.52. The predicted octanol–water partition coefficient (Wildman–Crippen LogP) is 1.83. The highest BCUT2D eigenvalue weighted by molar-refractivity contribution is 6.00. The van der Waals surface area contributed by atoms with Crippen LogP contribution in [-0.4, -0.2) is 58.5 Å². The lowest BCUT2D eigenvalue weighted by Gasteiger charge is -2.33. The van der Waals surface area contributed by atoms with Crippen LogP contribution in [0, 0.1) is 11.8 Å². The van der Waals surface area contributed by atoms with Crippen molar-refractivity contribution in [1.29, 1.82) is 0 Å². The van der Waals surface area contributed by atoms with Gasteiger partial charge in [-0.15, -0.1) is 6.58 Å². The average molecular weight is 428 g/mol. The van der Waals surface area contributed by atoms with E-state index in [1.165, 1.54) is 0 Å². The van der Waals surface area contributed by atoms with Gasteiger partial charge < -0.3 is 20.3 Å². The Morgan fingerprint density at radius 1 is 1.10 bits per heavy atom. The van der Waals surface area contributed by atoms with Gasteiger partial charge in [0.15, 0.2) is 0 Å². The Bertz CT molecular complexity index is 829. The molecule has 3 heterocycles. The highest BCUT2D eigenvalue weighted by Gasteiger charge is 2.76. The number of likely N-dealkylation sites (tertiary alicyclic amines) is 1. The molecule has 0 radical (unpaired) electrons. The Morgan fingerprint density at radius 3 is 2.26 bits per heavy atom. The Hall–Kier alpha value is -2.15. The quantitative estimate of drug-likeness (QED) is 0.633. The normalized spacial score (nSPS) is 39.3. The maximum atomic E-state index is 13.6. The third-order valence-corrected chi connectivity index (χ3v) is 8.06. The van der Waals surface area contributed by atoms with E-state index in [1.54, 1.807) is 11.0 Å². The number of hydrogen-bond donors (Lipinski definition) is 2. The second kappa shape index (κ2) is 7.47. The van der Waals surface area contributed by atoms with Gasteiger partial charge in [0.1, 0.15) is 11.6 Å². The van der Waals surface area contributed by atoms with Crippen LogP contribution in [0.1, 0.15) is 58.3 Å². The molecule has 2 bridgehead atoms. The minimum absolute atomic E-state index is 0.130. The van der Waals surface area contributed by atoms with Gasteiger partial charge in [-0.25, -0.2) is 0 Å². The van der Waals surface area contributed by atoms with E-state index in [-0.39, 0.29) is 36.3 Å². The topological polar surface area (TPSA) is 87.7 Å². The molecule has 0 aromatic heterocycles. The SMILES string of the molecule is C=CCN1C(=O)[C@@H]2[C@H](C(=O)NC3CCCC3)[C@@]3(C)C=C[C@]2(O3)[C@H]1C(=O)NC1CCCC1. The first-order valence-electron chi connectivity index (χ1n) is 11.8. The molecule has 3 amide bonds. The number of nitrogens with one attached hydrogen (secondary N) is 2. The molecule has 5 atom stereocenters. The first kappa shape index (κ1) is 20.7. The van der Waals surface area contributed by atoms with Gasteiger partial charge in [-0.05, 0) is 32.6 Å². The van der Waals surface area contributed by atoms with E-state index in [2.05, 4.69) is 17.2 Å².